The largest absolute Gasteiger partial charge is 0.393 e. The Morgan fingerprint density at radius 3 is 2.33 bits per heavy atom. The van der Waals surface area contributed by atoms with Gasteiger partial charge in [0.1, 0.15) is 5.78 Å². The third-order valence-electron chi connectivity index (χ3n) is 4.16. The number of ketones is 1. The predicted octanol–water partition coefficient (Wildman–Crippen LogP) is 1.74. The third kappa shape index (κ3) is 2.33. The molecule has 1 aromatic carbocycles. The van der Waals surface area contributed by atoms with E-state index >= 15 is 0 Å². The van der Waals surface area contributed by atoms with Gasteiger partial charge in [-0.3, -0.25) is 9.69 Å². The Kier molecular flexibility index (Phi) is 3.18. The van der Waals surface area contributed by atoms with E-state index in [1.165, 1.54) is 5.56 Å². The number of Topliss-reactive ketones (excluding diaryl/α,β-unsaturated/α-hetero) is 1. The second kappa shape index (κ2) is 4.82. The van der Waals surface area contributed by atoms with Gasteiger partial charge in [0.25, 0.3) is 0 Å². The second-order valence-electron chi connectivity index (χ2n) is 5.54. The summed E-state index contributed by atoms with van der Waals surface area (Å²) in [7, 11) is 0. The molecule has 2 aliphatic heterocycles. The molecule has 2 aliphatic rings. The first-order chi connectivity index (χ1) is 8.72. The summed E-state index contributed by atoms with van der Waals surface area (Å²) >= 11 is 0. The molecule has 0 radical (unpaired) electrons. The minimum atomic E-state index is -0.222. The molecule has 3 nitrogen and oxygen atoms in total. The van der Waals surface area contributed by atoms with Crippen molar-refractivity contribution in [1.29, 1.82) is 0 Å². The molecule has 2 saturated heterocycles. The van der Waals surface area contributed by atoms with Crippen LogP contribution < -0.4 is 0 Å². The Bertz CT molecular complexity index is 413. The molecular formula is C15H19NO2. The maximum Gasteiger partial charge on any atom is 0.136 e. The first kappa shape index (κ1) is 11.9. The fourth-order valence-corrected chi connectivity index (χ4v) is 3.36. The van der Waals surface area contributed by atoms with Gasteiger partial charge in [-0.15, -0.1) is 0 Å². The molecule has 0 amide bonds. The van der Waals surface area contributed by atoms with E-state index in [1.807, 2.05) is 6.07 Å². The van der Waals surface area contributed by atoms with Crippen molar-refractivity contribution in [3.05, 3.63) is 35.9 Å². The van der Waals surface area contributed by atoms with E-state index in [2.05, 4.69) is 29.2 Å². The Hall–Kier alpha value is -1.19. The highest BCUT2D eigenvalue weighted by atomic mass is 16.3. The number of carbonyl (C=O) groups excluding carboxylic acids is 1. The van der Waals surface area contributed by atoms with Crippen LogP contribution in [0.25, 0.3) is 0 Å². The van der Waals surface area contributed by atoms with E-state index in [0.29, 0.717) is 18.6 Å². The van der Waals surface area contributed by atoms with Gasteiger partial charge in [-0.2, -0.15) is 0 Å². The molecule has 3 heteroatoms. The van der Waals surface area contributed by atoms with E-state index in [-0.39, 0.29) is 18.2 Å². The number of hydrogen-bond donors (Lipinski definition) is 1. The normalized spacial score (nSPS) is 32.5. The Labute approximate surface area is 107 Å². The summed E-state index contributed by atoms with van der Waals surface area (Å²) in [5.74, 6) is 0.362. The Balaban J connectivity index is 1.77. The monoisotopic (exact) mass is 245 g/mol. The Morgan fingerprint density at radius 2 is 1.72 bits per heavy atom. The lowest BCUT2D eigenvalue weighted by Gasteiger charge is -2.47. The molecule has 2 fully saturated rings. The minimum Gasteiger partial charge on any atom is -0.393 e. The van der Waals surface area contributed by atoms with Gasteiger partial charge >= 0.3 is 0 Å². The van der Waals surface area contributed by atoms with Crippen LogP contribution in [-0.2, 0) is 11.3 Å². The van der Waals surface area contributed by atoms with E-state index in [1.54, 1.807) is 0 Å². The fourth-order valence-electron chi connectivity index (χ4n) is 3.36. The smallest absolute Gasteiger partial charge is 0.136 e. The molecule has 2 heterocycles. The summed E-state index contributed by atoms with van der Waals surface area (Å²) in [4.78, 5) is 14.1. The molecule has 0 spiro atoms. The molecule has 1 N–H and O–H groups in total. The third-order valence-corrected chi connectivity index (χ3v) is 4.16. The first-order valence-corrected chi connectivity index (χ1v) is 6.72. The van der Waals surface area contributed by atoms with Crippen LogP contribution in [0.4, 0.5) is 0 Å². The van der Waals surface area contributed by atoms with Crippen molar-refractivity contribution in [2.75, 3.05) is 0 Å². The molecule has 0 saturated carbocycles. The van der Waals surface area contributed by atoms with Gasteiger partial charge in [0, 0.05) is 31.5 Å². The van der Waals surface area contributed by atoms with E-state index in [4.69, 9.17) is 0 Å². The number of hydrogen-bond acceptors (Lipinski definition) is 3. The molecule has 2 atom stereocenters. The highest BCUT2D eigenvalue weighted by Gasteiger charge is 2.40. The zero-order valence-corrected chi connectivity index (χ0v) is 10.5. The molecule has 18 heavy (non-hydrogen) atoms. The molecule has 96 valence electrons. The van der Waals surface area contributed by atoms with Crippen LogP contribution in [0.1, 0.15) is 31.2 Å². The van der Waals surface area contributed by atoms with Gasteiger partial charge < -0.3 is 5.11 Å². The summed E-state index contributed by atoms with van der Waals surface area (Å²) in [6, 6.07) is 10.9. The summed E-state index contributed by atoms with van der Waals surface area (Å²) < 4.78 is 0. The summed E-state index contributed by atoms with van der Waals surface area (Å²) in [6.07, 6.45) is 2.49. The molecular weight excluding hydrogens is 226 g/mol. The van der Waals surface area contributed by atoms with Crippen molar-refractivity contribution >= 4 is 5.78 Å². The lowest BCUT2D eigenvalue weighted by atomic mass is 9.82. The first-order valence-electron chi connectivity index (χ1n) is 6.72. The Morgan fingerprint density at radius 1 is 1.11 bits per heavy atom. The fraction of sp³-hybridized carbons (Fsp3) is 0.533. The van der Waals surface area contributed by atoms with Gasteiger partial charge in [-0.1, -0.05) is 30.3 Å². The lowest BCUT2D eigenvalue weighted by Crippen LogP contribution is -2.55. The average molecular weight is 245 g/mol. The van der Waals surface area contributed by atoms with Crippen LogP contribution in [0.3, 0.4) is 0 Å². The van der Waals surface area contributed by atoms with Gasteiger partial charge in [-0.25, -0.2) is 0 Å². The van der Waals surface area contributed by atoms with Crippen LogP contribution in [0.2, 0.25) is 0 Å². The second-order valence-corrected chi connectivity index (χ2v) is 5.54. The lowest BCUT2D eigenvalue weighted by molar-refractivity contribution is -0.130. The van der Waals surface area contributed by atoms with Crippen molar-refractivity contribution in [2.45, 2.75) is 50.4 Å². The molecule has 1 aromatic rings. The SMILES string of the molecule is O=C1CC2CC(O)CC(C1)N2Cc1ccccc1. The number of carbonyl (C=O) groups is 1. The number of benzene rings is 1. The number of nitrogens with zero attached hydrogens (tertiary/aromatic N) is 1. The number of rotatable bonds is 2. The zero-order valence-electron chi connectivity index (χ0n) is 10.5. The quantitative estimate of drug-likeness (QED) is 0.863. The molecule has 2 bridgehead atoms. The maximum absolute atomic E-state index is 11.7. The number of fused-ring (bicyclic) bond motifs is 2. The van der Waals surface area contributed by atoms with Crippen LogP contribution in [0.5, 0.6) is 0 Å². The van der Waals surface area contributed by atoms with Gasteiger partial charge in [-0.05, 0) is 18.4 Å². The summed E-state index contributed by atoms with van der Waals surface area (Å²) in [5.41, 5.74) is 1.29. The van der Waals surface area contributed by atoms with Crippen LogP contribution in [0.15, 0.2) is 30.3 Å². The summed E-state index contributed by atoms with van der Waals surface area (Å²) in [5, 5.41) is 9.85. The molecule has 2 unspecified atom stereocenters. The van der Waals surface area contributed by atoms with E-state index in [0.717, 1.165) is 19.4 Å². The van der Waals surface area contributed by atoms with Crippen LogP contribution >= 0.6 is 0 Å². The molecule has 0 aromatic heterocycles. The van der Waals surface area contributed by atoms with Gasteiger partial charge in [0.15, 0.2) is 0 Å². The van der Waals surface area contributed by atoms with E-state index < -0.39 is 0 Å². The number of piperidine rings is 2. The number of aliphatic hydroxyl groups excluding tert-OH is 1. The zero-order chi connectivity index (χ0) is 12.5. The van der Waals surface area contributed by atoms with E-state index in [9.17, 15) is 9.90 Å². The highest BCUT2D eigenvalue weighted by molar-refractivity contribution is 5.80. The predicted molar refractivity (Wildman–Crippen MR) is 69.0 cm³/mol. The summed E-state index contributed by atoms with van der Waals surface area (Å²) in [6.45, 7) is 0.899. The highest BCUT2D eigenvalue weighted by Crippen LogP contribution is 2.33. The maximum atomic E-state index is 11.7. The van der Waals surface area contributed by atoms with Crippen molar-refractivity contribution in [1.82, 2.24) is 4.90 Å². The topological polar surface area (TPSA) is 40.5 Å². The van der Waals surface area contributed by atoms with Crippen molar-refractivity contribution < 1.29 is 9.90 Å². The van der Waals surface area contributed by atoms with Gasteiger partial charge in [0.05, 0.1) is 6.10 Å². The van der Waals surface area contributed by atoms with Crippen molar-refractivity contribution in [3.8, 4) is 0 Å². The minimum absolute atomic E-state index is 0.222. The van der Waals surface area contributed by atoms with Gasteiger partial charge in [0.2, 0.25) is 0 Å². The van der Waals surface area contributed by atoms with Crippen molar-refractivity contribution in [2.24, 2.45) is 0 Å². The molecule has 0 aliphatic carbocycles. The standard InChI is InChI=1S/C15H19NO2/c17-14-6-12-7-15(18)9-13(8-14)16(12)10-11-4-2-1-3-5-11/h1-5,12-14,17H,6-10H2. The average Bonchev–Trinajstić information content (AvgIpc) is 2.32. The molecule has 3 rings (SSSR count). The number of aliphatic hydroxyl groups is 1. The van der Waals surface area contributed by atoms with Crippen LogP contribution in [-0.4, -0.2) is 34.0 Å². The van der Waals surface area contributed by atoms with Crippen molar-refractivity contribution in [3.63, 3.8) is 0 Å². The van der Waals surface area contributed by atoms with Crippen LogP contribution in [0, 0.1) is 0 Å².